The molecule has 4 aliphatic heterocycles. The van der Waals surface area contributed by atoms with Gasteiger partial charge in [0.05, 0.1) is 24.1 Å². The molecule has 0 atom stereocenters. The zero-order chi connectivity index (χ0) is 45.5. The number of aromatic nitrogens is 3. The molecule has 0 radical (unpaired) electrons. The Bertz CT molecular complexity index is 1480. The molecule has 0 unspecified atom stereocenters. The Morgan fingerprint density at radius 3 is 1.27 bits per heavy atom. The number of amides is 1. The Morgan fingerprint density at radius 2 is 1.00 bits per heavy atom. The molecule has 0 fully saturated rings. The molecule has 394 valence electrons. The van der Waals surface area contributed by atoms with Crippen LogP contribution in [0.2, 0.25) is 0 Å². The zero-order valence-corrected chi connectivity index (χ0v) is 40.0. The van der Waals surface area contributed by atoms with E-state index in [0.717, 1.165) is 50.1 Å². The van der Waals surface area contributed by atoms with Crippen LogP contribution in [0.25, 0.3) is 0 Å². The van der Waals surface area contributed by atoms with Crippen LogP contribution in [0.3, 0.4) is 0 Å². The van der Waals surface area contributed by atoms with Crippen LogP contribution in [-0.2, 0) is 4.79 Å². The normalized spacial score (nSPS) is 13.8. The Labute approximate surface area is 416 Å². The van der Waals surface area contributed by atoms with Gasteiger partial charge >= 0.3 is 0 Å². The fourth-order valence-electron chi connectivity index (χ4n) is 5.11. The average molecular weight is 946 g/mol. The molecule has 0 saturated carbocycles. The Hall–Kier alpha value is -4.55. The van der Waals surface area contributed by atoms with Crippen LogP contribution in [0.4, 0.5) is 0 Å². The number of nitrogens with zero attached hydrogens (tertiary/aromatic N) is 7. The second-order valence-electron chi connectivity index (χ2n) is 17.0. The molecule has 0 saturated heterocycles. The van der Waals surface area contributed by atoms with Crippen molar-refractivity contribution in [3.05, 3.63) is 54.4 Å². The van der Waals surface area contributed by atoms with Gasteiger partial charge in [0.25, 0.3) is 0 Å². The highest BCUT2D eigenvalue weighted by Crippen LogP contribution is 2.12. The summed E-state index contributed by atoms with van der Waals surface area (Å²) in [6.07, 6.45) is 11.0. The van der Waals surface area contributed by atoms with Crippen LogP contribution >= 0.6 is 0 Å². The Kier molecular flexibility index (Phi) is 56.9. The average Bonchev–Trinajstić information content (AvgIpc) is 3.80. The summed E-state index contributed by atoms with van der Waals surface area (Å²) < 4.78 is 0. The van der Waals surface area contributed by atoms with Gasteiger partial charge in [0.15, 0.2) is 0 Å². The van der Waals surface area contributed by atoms with Crippen molar-refractivity contribution in [2.75, 3.05) is 39.3 Å². The van der Waals surface area contributed by atoms with Gasteiger partial charge in [0.1, 0.15) is 11.7 Å². The van der Waals surface area contributed by atoms with E-state index in [0.29, 0.717) is 48.5 Å². The predicted octanol–water partition coefficient (Wildman–Crippen LogP) is 13.3. The smallest absolute Gasteiger partial charge is 0.227 e. The van der Waals surface area contributed by atoms with E-state index in [9.17, 15) is 4.79 Å². The molecular weight excluding hydrogens is 833 g/mol. The second-order valence-corrected chi connectivity index (χ2v) is 17.0. The van der Waals surface area contributed by atoms with Gasteiger partial charge in [-0.05, 0) is 55.7 Å². The number of hydrogen-bond donors (Lipinski definition) is 5. The predicted molar refractivity (Wildman–Crippen MR) is 304 cm³/mol. The lowest BCUT2D eigenvalue weighted by Gasteiger charge is -2.16. The molecule has 6 heterocycles. The number of pyridine rings is 1. The molecule has 0 bridgehead atoms. The van der Waals surface area contributed by atoms with Crippen molar-refractivity contribution in [3.8, 4) is 0 Å². The van der Waals surface area contributed by atoms with Crippen LogP contribution in [0.1, 0.15) is 204 Å². The van der Waals surface area contributed by atoms with Gasteiger partial charge in [-0.15, -0.1) is 0 Å². The number of hydrogen-bond acceptors (Lipinski definition) is 11. The molecule has 6 rings (SSSR count). The third-order valence-corrected chi connectivity index (χ3v) is 8.98. The van der Waals surface area contributed by atoms with E-state index in [2.05, 4.69) is 120 Å². The molecule has 0 spiro atoms. The van der Waals surface area contributed by atoms with E-state index in [1.807, 2.05) is 58.2 Å². The summed E-state index contributed by atoms with van der Waals surface area (Å²) >= 11 is 0. The molecule has 67 heavy (non-hydrogen) atoms. The van der Waals surface area contributed by atoms with E-state index in [1.165, 1.54) is 43.1 Å². The summed E-state index contributed by atoms with van der Waals surface area (Å²) in [7, 11) is 0. The van der Waals surface area contributed by atoms with Crippen LogP contribution < -0.4 is 21.7 Å². The lowest BCUT2D eigenvalue weighted by Crippen LogP contribution is -2.37. The lowest BCUT2D eigenvalue weighted by atomic mass is 10.00. The molecule has 2 aromatic heterocycles. The second kappa shape index (κ2) is 47.9. The molecule has 0 aliphatic carbocycles. The Balaban J connectivity index is -0.0000000997. The van der Waals surface area contributed by atoms with E-state index in [1.54, 1.807) is 12.4 Å². The van der Waals surface area contributed by atoms with Crippen molar-refractivity contribution >= 4 is 35.0 Å². The summed E-state index contributed by atoms with van der Waals surface area (Å²) in [5, 5.41) is 15.9. The number of carbonyl (C=O) groups excluding carboxylic acids is 1. The molecule has 4 aliphatic rings. The van der Waals surface area contributed by atoms with Gasteiger partial charge < -0.3 is 21.7 Å². The molecule has 13 heteroatoms. The van der Waals surface area contributed by atoms with Crippen molar-refractivity contribution in [1.29, 1.82) is 5.41 Å². The number of aliphatic imine (C=N–C) groups is 4. The monoisotopic (exact) mass is 945 g/mol. The van der Waals surface area contributed by atoms with Crippen LogP contribution in [0.15, 0.2) is 62.8 Å². The number of rotatable bonds is 7. The largest absolute Gasteiger partial charge is 0.387 e. The summed E-state index contributed by atoms with van der Waals surface area (Å²) in [5.74, 6) is 7.83. The number of amidine groups is 4. The zero-order valence-electron chi connectivity index (χ0n) is 40.0. The third kappa shape index (κ3) is 41.4. The van der Waals surface area contributed by atoms with E-state index in [4.69, 9.17) is 11.1 Å². The quantitative estimate of drug-likeness (QED) is 0.135. The molecule has 0 aromatic carbocycles. The molecular formula is C54H112N12O. The minimum atomic E-state index is 0. The first-order valence-electron chi connectivity index (χ1n) is 22.3. The summed E-state index contributed by atoms with van der Waals surface area (Å²) in [6.45, 7) is 35.2. The first kappa shape index (κ1) is 79.5. The first-order chi connectivity index (χ1) is 28.4. The van der Waals surface area contributed by atoms with Gasteiger partial charge in [0.2, 0.25) is 5.91 Å². The fourth-order valence-corrected chi connectivity index (χ4v) is 5.11. The standard InChI is InChI=1S/C8H15N.C8H11N.C7H12N2O.C7H14N2.C7H10N2.C6H12N2.C4H10N2.7CH4/c2*1-7(2)8-5-3-4-6-9-8;1-5(2)7-8-4-3-6(10)9-7;2*1-6(2)7-8-4-3-5-9-7;1-5(2)6-7-3-4-8-6;1-3(2)4(5)6;;;;;;;/h7H,3-6H2,1-2H3;3-7H,1-2H3;5H,3-4H2,1-2H3,(H,8,9,10);6H,3-5H2,1-2H3,(H,8,9);3-6H,1-2H3;5H,3-4H2,1-2H3,(H,7,8);3H,1-2H3,(H3,5,6);7*1H4. The van der Waals surface area contributed by atoms with Gasteiger partial charge in [-0.1, -0.05) is 155 Å². The van der Waals surface area contributed by atoms with Crippen molar-refractivity contribution in [2.45, 2.75) is 193 Å². The fraction of sp³-hybridized carbons (Fsp3) is 0.722. The van der Waals surface area contributed by atoms with Crippen LogP contribution in [0.5, 0.6) is 0 Å². The molecule has 1 amide bonds. The first-order valence-corrected chi connectivity index (χ1v) is 22.3. The van der Waals surface area contributed by atoms with E-state index >= 15 is 0 Å². The number of nitrogens with one attached hydrogen (secondary N) is 4. The highest BCUT2D eigenvalue weighted by Gasteiger charge is 2.13. The SMILES string of the molecule is C.C.C.C.C.C.C.CC(C)C(=N)N.CC(C)C1=NCCC(=O)N1.CC(C)C1=NCCCC1.CC(C)C1=NCCCN1.CC(C)C1=NCCN1.CC(C)c1ccccn1.CC(C)c1ncccn1. The van der Waals surface area contributed by atoms with Gasteiger partial charge in [0, 0.05) is 98.7 Å². The summed E-state index contributed by atoms with van der Waals surface area (Å²) in [4.78, 5) is 40.3. The molecule has 6 N–H and O–H groups in total. The number of nitrogens with two attached hydrogens (primary N) is 1. The highest BCUT2D eigenvalue weighted by molar-refractivity contribution is 6.00. The van der Waals surface area contributed by atoms with Crippen LogP contribution in [-0.4, -0.2) is 89.2 Å². The molecule has 2 aromatic rings. The maximum atomic E-state index is 10.8. The topological polar surface area (TPSA) is 191 Å². The highest BCUT2D eigenvalue weighted by atomic mass is 16.1. The summed E-state index contributed by atoms with van der Waals surface area (Å²) in [6, 6.07) is 7.82. The van der Waals surface area contributed by atoms with Crippen molar-refractivity contribution < 1.29 is 4.79 Å². The van der Waals surface area contributed by atoms with Gasteiger partial charge in [-0.2, -0.15) is 0 Å². The van der Waals surface area contributed by atoms with E-state index in [-0.39, 0.29) is 69.6 Å². The van der Waals surface area contributed by atoms with E-state index < -0.39 is 0 Å². The summed E-state index contributed by atoms with van der Waals surface area (Å²) in [5.41, 5.74) is 7.61. The lowest BCUT2D eigenvalue weighted by molar-refractivity contribution is -0.119. The van der Waals surface area contributed by atoms with Crippen LogP contribution in [0, 0.1) is 35.0 Å². The minimum Gasteiger partial charge on any atom is -0.387 e. The van der Waals surface area contributed by atoms with Gasteiger partial charge in [-0.3, -0.25) is 35.2 Å². The number of carbonyl (C=O) groups is 1. The Morgan fingerprint density at radius 1 is 0.522 bits per heavy atom. The van der Waals surface area contributed by atoms with Crippen molar-refractivity contribution in [3.63, 3.8) is 0 Å². The minimum absolute atomic E-state index is 0. The molecule has 13 nitrogen and oxygen atoms in total. The maximum absolute atomic E-state index is 10.8. The van der Waals surface area contributed by atoms with Gasteiger partial charge in [-0.25, -0.2) is 9.97 Å². The van der Waals surface area contributed by atoms with Crippen molar-refractivity contribution in [2.24, 2.45) is 55.3 Å². The maximum Gasteiger partial charge on any atom is 0.227 e. The van der Waals surface area contributed by atoms with Crippen molar-refractivity contribution in [1.82, 2.24) is 30.9 Å². The third-order valence-electron chi connectivity index (χ3n) is 8.98.